The minimum atomic E-state index is -0.110. The Morgan fingerprint density at radius 3 is 2.66 bits per heavy atom. The van der Waals surface area contributed by atoms with Crippen molar-refractivity contribution in [3.63, 3.8) is 0 Å². The Bertz CT molecular complexity index is 1260. The lowest BCUT2D eigenvalue weighted by Gasteiger charge is -2.40. The maximum Gasteiger partial charge on any atom is 0.162 e. The number of ether oxygens (including phenoxy) is 1. The standard InChI is InChI=1S/C28H28BrNO2/c1-5-32-27-16(2)12-18(13-20(27)29)24-25-19-9-7-6-8-17(19)10-11-21(25)30-22-14-28(3,4)15-23(31)26(22)24/h6-13,24,30H,5,14-15H2,1-4H3. The second-order valence-corrected chi connectivity index (χ2v) is 10.6. The fourth-order valence-electron chi connectivity index (χ4n) is 5.39. The van der Waals surface area contributed by atoms with Crippen LogP contribution in [0.1, 0.15) is 56.2 Å². The molecule has 1 aliphatic carbocycles. The molecule has 164 valence electrons. The summed E-state index contributed by atoms with van der Waals surface area (Å²) in [7, 11) is 0. The minimum absolute atomic E-state index is 0.0445. The third kappa shape index (κ3) is 3.45. The molecule has 1 aliphatic heterocycles. The molecule has 0 spiro atoms. The highest BCUT2D eigenvalue weighted by Crippen LogP contribution is 2.51. The summed E-state index contributed by atoms with van der Waals surface area (Å²) in [4.78, 5) is 13.6. The SMILES string of the molecule is CCOc1c(C)cc(C2C3=C(CC(C)(C)CC3=O)Nc3ccc4ccccc4c32)cc1Br. The van der Waals surface area contributed by atoms with E-state index in [-0.39, 0.29) is 17.1 Å². The molecule has 1 heterocycles. The van der Waals surface area contributed by atoms with Crippen molar-refractivity contribution in [2.75, 3.05) is 11.9 Å². The first kappa shape index (κ1) is 21.3. The van der Waals surface area contributed by atoms with E-state index in [0.717, 1.165) is 44.7 Å². The fourth-order valence-corrected chi connectivity index (χ4v) is 6.08. The summed E-state index contributed by atoms with van der Waals surface area (Å²) in [6.45, 7) is 9.04. The van der Waals surface area contributed by atoms with Crippen LogP contribution < -0.4 is 10.1 Å². The first-order valence-electron chi connectivity index (χ1n) is 11.3. The lowest BCUT2D eigenvalue weighted by molar-refractivity contribution is -0.118. The summed E-state index contributed by atoms with van der Waals surface area (Å²) in [6.07, 6.45) is 1.44. The van der Waals surface area contributed by atoms with Crippen LogP contribution in [-0.4, -0.2) is 12.4 Å². The van der Waals surface area contributed by atoms with Crippen LogP contribution in [0.3, 0.4) is 0 Å². The molecule has 0 aromatic heterocycles. The van der Waals surface area contributed by atoms with Gasteiger partial charge < -0.3 is 10.1 Å². The zero-order valence-corrected chi connectivity index (χ0v) is 20.6. The molecule has 0 saturated carbocycles. The number of nitrogens with one attached hydrogen (secondary N) is 1. The van der Waals surface area contributed by atoms with Gasteiger partial charge in [0.2, 0.25) is 0 Å². The molecule has 1 N–H and O–H groups in total. The molecule has 3 aromatic rings. The van der Waals surface area contributed by atoms with Gasteiger partial charge in [0.25, 0.3) is 0 Å². The Balaban J connectivity index is 1.80. The van der Waals surface area contributed by atoms with Gasteiger partial charge in [-0.05, 0) is 81.2 Å². The first-order chi connectivity index (χ1) is 15.3. The van der Waals surface area contributed by atoms with Crippen molar-refractivity contribution in [2.24, 2.45) is 5.41 Å². The third-order valence-electron chi connectivity index (χ3n) is 6.63. The third-order valence-corrected chi connectivity index (χ3v) is 7.22. The van der Waals surface area contributed by atoms with Crippen LogP contribution in [0.4, 0.5) is 5.69 Å². The molecule has 0 amide bonds. The number of Topliss-reactive ketones (excluding diaryl/α,β-unsaturated/α-hetero) is 1. The number of ketones is 1. The number of benzene rings is 3. The van der Waals surface area contributed by atoms with Gasteiger partial charge in [0.1, 0.15) is 5.75 Å². The van der Waals surface area contributed by atoms with Crippen LogP contribution >= 0.6 is 15.9 Å². The Morgan fingerprint density at radius 2 is 1.91 bits per heavy atom. The number of hydrogen-bond donors (Lipinski definition) is 1. The highest BCUT2D eigenvalue weighted by atomic mass is 79.9. The van der Waals surface area contributed by atoms with Gasteiger partial charge in [-0.3, -0.25) is 4.79 Å². The van der Waals surface area contributed by atoms with E-state index in [1.165, 1.54) is 16.3 Å². The van der Waals surface area contributed by atoms with Crippen molar-refractivity contribution in [2.45, 2.75) is 46.5 Å². The summed E-state index contributed by atoms with van der Waals surface area (Å²) in [5.41, 5.74) is 6.42. The van der Waals surface area contributed by atoms with Crippen LogP contribution in [-0.2, 0) is 4.79 Å². The van der Waals surface area contributed by atoms with Crippen molar-refractivity contribution in [3.05, 3.63) is 81.0 Å². The van der Waals surface area contributed by atoms with E-state index in [9.17, 15) is 4.79 Å². The predicted molar refractivity (Wildman–Crippen MR) is 135 cm³/mol. The maximum atomic E-state index is 13.6. The van der Waals surface area contributed by atoms with Crippen molar-refractivity contribution in [1.82, 2.24) is 0 Å². The van der Waals surface area contributed by atoms with Crippen LogP contribution in [0.15, 0.2) is 64.3 Å². The van der Waals surface area contributed by atoms with Gasteiger partial charge in [-0.1, -0.05) is 50.2 Å². The van der Waals surface area contributed by atoms with Crippen LogP contribution in [0.5, 0.6) is 5.75 Å². The second kappa shape index (κ2) is 7.77. The van der Waals surface area contributed by atoms with E-state index in [0.29, 0.717) is 13.0 Å². The molecule has 4 heteroatoms. The molecule has 0 bridgehead atoms. The molecule has 0 saturated heterocycles. The average Bonchev–Trinajstić information content (AvgIpc) is 2.73. The molecule has 5 rings (SSSR count). The van der Waals surface area contributed by atoms with Crippen LogP contribution in [0, 0.1) is 12.3 Å². The fraction of sp³-hybridized carbons (Fsp3) is 0.321. The summed E-state index contributed by atoms with van der Waals surface area (Å²) >= 11 is 3.73. The summed E-state index contributed by atoms with van der Waals surface area (Å²) in [5, 5.41) is 6.04. The number of allylic oxidation sites excluding steroid dienone is 2. The van der Waals surface area contributed by atoms with Crippen molar-refractivity contribution >= 4 is 38.2 Å². The number of hydrogen-bond acceptors (Lipinski definition) is 3. The van der Waals surface area contributed by atoms with Gasteiger partial charge in [0, 0.05) is 29.3 Å². The Hall–Kier alpha value is -2.59. The highest BCUT2D eigenvalue weighted by Gasteiger charge is 2.41. The molecule has 0 radical (unpaired) electrons. The van der Waals surface area contributed by atoms with Crippen LogP contribution in [0.2, 0.25) is 0 Å². The van der Waals surface area contributed by atoms with E-state index >= 15 is 0 Å². The number of rotatable bonds is 3. The Morgan fingerprint density at radius 1 is 1.12 bits per heavy atom. The van der Waals surface area contributed by atoms with Crippen molar-refractivity contribution in [1.29, 1.82) is 0 Å². The lowest BCUT2D eigenvalue weighted by Crippen LogP contribution is -2.34. The maximum absolute atomic E-state index is 13.6. The Kier molecular flexibility index (Phi) is 5.16. The first-order valence-corrected chi connectivity index (χ1v) is 12.1. The highest BCUT2D eigenvalue weighted by molar-refractivity contribution is 9.10. The number of carbonyl (C=O) groups excluding carboxylic acids is 1. The molecule has 1 atom stereocenters. The molecule has 0 fully saturated rings. The van der Waals surface area contributed by atoms with E-state index < -0.39 is 0 Å². The van der Waals surface area contributed by atoms with Gasteiger partial charge in [-0.2, -0.15) is 0 Å². The molecule has 32 heavy (non-hydrogen) atoms. The predicted octanol–water partition coefficient (Wildman–Crippen LogP) is 7.51. The summed E-state index contributed by atoms with van der Waals surface area (Å²) in [6, 6.07) is 17.1. The summed E-state index contributed by atoms with van der Waals surface area (Å²) in [5.74, 6) is 1.00. The Labute approximate surface area is 198 Å². The second-order valence-electron chi connectivity index (χ2n) is 9.72. The van der Waals surface area contributed by atoms with Gasteiger partial charge in [0.15, 0.2) is 5.78 Å². The van der Waals surface area contributed by atoms with E-state index in [1.807, 2.05) is 6.92 Å². The van der Waals surface area contributed by atoms with Crippen molar-refractivity contribution in [3.8, 4) is 5.75 Å². The van der Waals surface area contributed by atoms with Gasteiger partial charge in [0.05, 0.1) is 11.1 Å². The van der Waals surface area contributed by atoms with Gasteiger partial charge >= 0.3 is 0 Å². The van der Waals surface area contributed by atoms with E-state index in [1.54, 1.807) is 0 Å². The van der Waals surface area contributed by atoms with E-state index in [2.05, 4.69) is 90.5 Å². The monoisotopic (exact) mass is 489 g/mol. The number of aryl methyl sites for hydroxylation is 1. The number of halogens is 1. The largest absolute Gasteiger partial charge is 0.492 e. The van der Waals surface area contributed by atoms with Crippen molar-refractivity contribution < 1.29 is 9.53 Å². The minimum Gasteiger partial charge on any atom is -0.492 e. The summed E-state index contributed by atoms with van der Waals surface area (Å²) < 4.78 is 6.80. The number of anilines is 1. The molecule has 1 unspecified atom stereocenters. The quantitative estimate of drug-likeness (QED) is 0.413. The zero-order chi connectivity index (χ0) is 22.6. The zero-order valence-electron chi connectivity index (χ0n) is 19.0. The van der Waals surface area contributed by atoms with Crippen LogP contribution in [0.25, 0.3) is 10.8 Å². The average molecular weight is 490 g/mol. The number of fused-ring (bicyclic) bond motifs is 3. The number of carbonyl (C=O) groups is 1. The molecular formula is C28H28BrNO2. The van der Waals surface area contributed by atoms with Gasteiger partial charge in [-0.15, -0.1) is 0 Å². The molecule has 3 aromatic carbocycles. The smallest absolute Gasteiger partial charge is 0.162 e. The molecule has 2 aliphatic rings. The molecule has 3 nitrogen and oxygen atoms in total. The topological polar surface area (TPSA) is 38.3 Å². The van der Waals surface area contributed by atoms with Gasteiger partial charge in [-0.25, -0.2) is 0 Å². The molecular weight excluding hydrogens is 462 g/mol. The normalized spacial score (nSPS) is 19.4. The van der Waals surface area contributed by atoms with E-state index in [4.69, 9.17) is 4.74 Å². The lowest BCUT2D eigenvalue weighted by atomic mass is 9.68.